The second kappa shape index (κ2) is 6.92. The Labute approximate surface area is 127 Å². The van der Waals surface area contributed by atoms with Crippen molar-refractivity contribution in [1.29, 1.82) is 0 Å². The Bertz CT molecular complexity index is 559. The number of hydrogen-bond acceptors (Lipinski definition) is 3. The molecular weight excluding hydrogens is 260 g/mol. The largest absolute Gasteiger partial charge is 0.469 e. The highest BCUT2D eigenvalue weighted by Crippen LogP contribution is 2.26. The number of nitrogens with zero attached hydrogens (tertiary/aromatic N) is 1. The van der Waals surface area contributed by atoms with E-state index in [2.05, 4.69) is 50.1 Å². The monoisotopic (exact) mass is 286 g/mol. The topological polar surface area (TPSA) is 42.4 Å². The number of hydrogen-bond donors (Lipinski definition) is 1. The molecule has 114 valence electrons. The molecule has 2 unspecified atom stereocenters. The molecule has 1 aromatic carbocycles. The van der Waals surface area contributed by atoms with E-state index in [-0.39, 0.29) is 12.1 Å². The highest BCUT2D eigenvalue weighted by Gasteiger charge is 2.23. The van der Waals surface area contributed by atoms with E-state index >= 15 is 0 Å². The molecule has 0 saturated carbocycles. The van der Waals surface area contributed by atoms with Crippen LogP contribution in [0, 0.1) is 13.8 Å². The van der Waals surface area contributed by atoms with Crippen molar-refractivity contribution in [2.24, 2.45) is 5.73 Å². The molecule has 21 heavy (non-hydrogen) atoms. The summed E-state index contributed by atoms with van der Waals surface area (Å²) >= 11 is 0. The smallest absolute Gasteiger partial charge is 0.105 e. The normalized spacial score (nSPS) is 14.4. The first-order valence-corrected chi connectivity index (χ1v) is 7.58. The van der Waals surface area contributed by atoms with E-state index < -0.39 is 0 Å². The number of likely N-dealkylation sites (N-methyl/N-ethyl adjacent to an activating group) is 1. The summed E-state index contributed by atoms with van der Waals surface area (Å²) in [5.74, 6) is 0.981. The van der Waals surface area contributed by atoms with Gasteiger partial charge in [-0.25, -0.2) is 0 Å². The fourth-order valence-electron chi connectivity index (χ4n) is 2.76. The van der Waals surface area contributed by atoms with Gasteiger partial charge in [0.1, 0.15) is 5.76 Å². The molecule has 2 atom stereocenters. The third-order valence-corrected chi connectivity index (χ3v) is 4.16. The molecule has 0 aliphatic heterocycles. The van der Waals surface area contributed by atoms with E-state index in [1.165, 1.54) is 16.7 Å². The van der Waals surface area contributed by atoms with Crippen LogP contribution >= 0.6 is 0 Å². The molecule has 2 rings (SSSR count). The van der Waals surface area contributed by atoms with Crippen molar-refractivity contribution < 1.29 is 4.42 Å². The first kappa shape index (κ1) is 15.8. The van der Waals surface area contributed by atoms with Gasteiger partial charge < -0.3 is 10.2 Å². The van der Waals surface area contributed by atoms with Gasteiger partial charge in [0.25, 0.3) is 0 Å². The third-order valence-electron chi connectivity index (χ3n) is 4.16. The Morgan fingerprint density at radius 2 is 1.81 bits per heavy atom. The molecule has 0 fully saturated rings. The SMILES string of the molecule is CCC(N)C(c1ccc(C)cc1)N(C)Cc1ccoc1C. The lowest BCUT2D eigenvalue weighted by molar-refractivity contribution is 0.200. The summed E-state index contributed by atoms with van der Waals surface area (Å²) in [5, 5.41) is 0. The van der Waals surface area contributed by atoms with Crippen LogP contribution in [-0.2, 0) is 6.54 Å². The van der Waals surface area contributed by atoms with Crippen LogP contribution in [0.2, 0.25) is 0 Å². The molecule has 1 aromatic heterocycles. The molecule has 0 radical (unpaired) electrons. The van der Waals surface area contributed by atoms with Crippen molar-refractivity contribution in [2.45, 2.75) is 45.8 Å². The fraction of sp³-hybridized carbons (Fsp3) is 0.444. The van der Waals surface area contributed by atoms with E-state index in [0.717, 1.165) is 18.7 Å². The lowest BCUT2D eigenvalue weighted by Gasteiger charge is -2.32. The molecule has 0 amide bonds. The zero-order valence-electron chi connectivity index (χ0n) is 13.5. The van der Waals surface area contributed by atoms with Crippen LogP contribution in [0.3, 0.4) is 0 Å². The molecule has 2 aromatic rings. The Balaban J connectivity index is 2.23. The molecule has 3 heteroatoms. The second-order valence-electron chi connectivity index (χ2n) is 5.84. The summed E-state index contributed by atoms with van der Waals surface area (Å²) < 4.78 is 5.40. The minimum Gasteiger partial charge on any atom is -0.469 e. The van der Waals surface area contributed by atoms with Crippen LogP contribution in [-0.4, -0.2) is 18.0 Å². The van der Waals surface area contributed by atoms with Gasteiger partial charge in [-0.3, -0.25) is 4.90 Å². The summed E-state index contributed by atoms with van der Waals surface area (Å²) in [6.45, 7) is 7.10. The van der Waals surface area contributed by atoms with E-state index in [9.17, 15) is 0 Å². The van der Waals surface area contributed by atoms with Gasteiger partial charge in [-0.15, -0.1) is 0 Å². The predicted octanol–water partition coefficient (Wildman–Crippen LogP) is 3.81. The first-order chi connectivity index (χ1) is 10.0. The Morgan fingerprint density at radius 1 is 1.14 bits per heavy atom. The molecule has 0 saturated heterocycles. The van der Waals surface area contributed by atoms with Crippen molar-refractivity contribution in [2.75, 3.05) is 7.05 Å². The predicted molar refractivity (Wildman–Crippen MR) is 87.1 cm³/mol. The quantitative estimate of drug-likeness (QED) is 0.878. The van der Waals surface area contributed by atoms with Gasteiger partial charge in [0, 0.05) is 24.2 Å². The molecule has 0 aliphatic carbocycles. The molecule has 0 spiro atoms. The van der Waals surface area contributed by atoms with Crippen molar-refractivity contribution >= 4 is 0 Å². The van der Waals surface area contributed by atoms with Crippen LogP contribution in [0.15, 0.2) is 41.0 Å². The fourth-order valence-corrected chi connectivity index (χ4v) is 2.76. The average Bonchev–Trinajstić information content (AvgIpc) is 2.86. The standard InChI is InChI=1S/C18H26N2O/c1-5-17(19)18(15-8-6-13(2)7-9-15)20(4)12-16-10-11-21-14(16)3/h6-11,17-18H,5,12,19H2,1-4H3. The minimum atomic E-state index is 0.116. The Hall–Kier alpha value is -1.58. The molecule has 1 heterocycles. The second-order valence-corrected chi connectivity index (χ2v) is 5.84. The van der Waals surface area contributed by atoms with E-state index in [1.807, 2.05) is 13.0 Å². The summed E-state index contributed by atoms with van der Waals surface area (Å²) in [7, 11) is 2.13. The van der Waals surface area contributed by atoms with E-state index in [0.29, 0.717) is 0 Å². The van der Waals surface area contributed by atoms with Gasteiger partial charge in [-0.2, -0.15) is 0 Å². The maximum absolute atomic E-state index is 6.39. The van der Waals surface area contributed by atoms with Crippen LogP contribution < -0.4 is 5.73 Å². The van der Waals surface area contributed by atoms with Crippen molar-refractivity contribution in [3.05, 3.63) is 59.0 Å². The highest BCUT2D eigenvalue weighted by atomic mass is 16.3. The average molecular weight is 286 g/mol. The first-order valence-electron chi connectivity index (χ1n) is 7.58. The van der Waals surface area contributed by atoms with Crippen LogP contribution in [0.4, 0.5) is 0 Å². The Morgan fingerprint density at radius 3 is 2.33 bits per heavy atom. The molecule has 0 bridgehead atoms. The van der Waals surface area contributed by atoms with E-state index in [1.54, 1.807) is 6.26 Å². The van der Waals surface area contributed by atoms with Gasteiger partial charge in [0.05, 0.1) is 6.26 Å². The number of aryl methyl sites for hydroxylation is 2. The van der Waals surface area contributed by atoms with Crippen LogP contribution in [0.5, 0.6) is 0 Å². The zero-order valence-corrected chi connectivity index (χ0v) is 13.5. The molecule has 3 nitrogen and oxygen atoms in total. The number of nitrogens with two attached hydrogens (primary N) is 1. The number of furan rings is 1. The van der Waals surface area contributed by atoms with Gasteiger partial charge >= 0.3 is 0 Å². The van der Waals surface area contributed by atoms with Crippen LogP contribution in [0.25, 0.3) is 0 Å². The number of benzene rings is 1. The number of rotatable bonds is 6. The third kappa shape index (κ3) is 3.74. The minimum absolute atomic E-state index is 0.116. The summed E-state index contributed by atoms with van der Waals surface area (Å²) in [6, 6.07) is 11.1. The van der Waals surface area contributed by atoms with Crippen molar-refractivity contribution in [1.82, 2.24) is 4.90 Å². The Kier molecular flexibility index (Phi) is 5.21. The maximum atomic E-state index is 6.39. The molecular formula is C18H26N2O. The van der Waals surface area contributed by atoms with Gasteiger partial charge in [0.15, 0.2) is 0 Å². The van der Waals surface area contributed by atoms with Crippen LogP contribution in [0.1, 0.15) is 41.8 Å². The zero-order chi connectivity index (χ0) is 15.4. The molecule has 2 N–H and O–H groups in total. The highest BCUT2D eigenvalue weighted by molar-refractivity contribution is 5.26. The van der Waals surface area contributed by atoms with Crippen molar-refractivity contribution in [3.63, 3.8) is 0 Å². The van der Waals surface area contributed by atoms with E-state index in [4.69, 9.17) is 10.2 Å². The lowest BCUT2D eigenvalue weighted by atomic mass is 9.95. The van der Waals surface area contributed by atoms with Gasteiger partial charge in [-0.1, -0.05) is 36.8 Å². The molecule has 0 aliphatic rings. The van der Waals surface area contributed by atoms with Gasteiger partial charge in [0.2, 0.25) is 0 Å². The lowest BCUT2D eigenvalue weighted by Crippen LogP contribution is -2.38. The summed E-state index contributed by atoms with van der Waals surface area (Å²) in [4.78, 5) is 2.32. The summed E-state index contributed by atoms with van der Waals surface area (Å²) in [6.07, 6.45) is 2.70. The van der Waals surface area contributed by atoms with Gasteiger partial charge in [-0.05, 0) is 38.9 Å². The van der Waals surface area contributed by atoms with Crippen molar-refractivity contribution in [3.8, 4) is 0 Å². The summed E-state index contributed by atoms with van der Waals surface area (Å²) in [5.41, 5.74) is 10.2. The maximum Gasteiger partial charge on any atom is 0.105 e.